The fraction of sp³-hybridized carbons (Fsp3) is 0.432. The highest BCUT2D eigenvalue weighted by atomic mass is 28.4. The summed E-state index contributed by atoms with van der Waals surface area (Å²) in [5, 5.41) is 13.7. The van der Waals surface area contributed by atoms with Gasteiger partial charge in [-0.3, -0.25) is 24.7 Å². The summed E-state index contributed by atoms with van der Waals surface area (Å²) in [6.07, 6.45) is -4.50. The van der Waals surface area contributed by atoms with Crippen molar-refractivity contribution in [3.63, 3.8) is 0 Å². The van der Waals surface area contributed by atoms with E-state index in [1.165, 1.54) is 0 Å². The topological polar surface area (TPSA) is 97.6 Å². The number of morpholine rings is 1. The molecule has 2 atom stereocenters. The minimum atomic E-state index is -4.87. The van der Waals surface area contributed by atoms with Gasteiger partial charge in [-0.15, -0.1) is 0 Å². The van der Waals surface area contributed by atoms with Gasteiger partial charge in [0, 0.05) is 76.7 Å². The third-order valence-corrected chi connectivity index (χ3v) is 16.2. The van der Waals surface area contributed by atoms with Crippen LogP contribution in [0.1, 0.15) is 47.8 Å². The van der Waals surface area contributed by atoms with Gasteiger partial charge in [0.05, 0.1) is 29.8 Å². The van der Waals surface area contributed by atoms with Gasteiger partial charge < -0.3 is 18.8 Å². The van der Waals surface area contributed by atoms with Crippen LogP contribution in [0.25, 0.3) is 0 Å². The van der Waals surface area contributed by atoms with Gasteiger partial charge in [0.2, 0.25) is 0 Å². The molecule has 2 heterocycles. The summed E-state index contributed by atoms with van der Waals surface area (Å²) in [7, 11) is -1.35. The maximum atomic E-state index is 14.3. The van der Waals surface area contributed by atoms with E-state index in [1.54, 1.807) is 12.0 Å². The Balaban J connectivity index is 1.33. The van der Waals surface area contributed by atoms with Crippen molar-refractivity contribution < 1.29 is 36.8 Å². The summed E-state index contributed by atoms with van der Waals surface area (Å²) in [5.41, 5.74) is -0.537. The van der Waals surface area contributed by atoms with Gasteiger partial charge in [-0.05, 0) is 52.0 Å². The van der Waals surface area contributed by atoms with Crippen LogP contribution in [-0.4, -0.2) is 112 Å². The quantitative estimate of drug-likeness (QED) is 0.0850. The Hall–Kier alpha value is -4.60. The van der Waals surface area contributed by atoms with Crippen LogP contribution in [0.5, 0.6) is 5.75 Å². The first-order chi connectivity index (χ1) is 27.6. The molecule has 2 saturated heterocycles. The molecule has 58 heavy (non-hydrogen) atoms. The van der Waals surface area contributed by atoms with Gasteiger partial charge in [0.1, 0.15) is 5.75 Å². The summed E-state index contributed by atoms with van der Waals surface area (Å²) in [4.78, 5) is 31.3. The number of non-ortho nitro benzene ring substituents is 1. The average Bonchev–Trinajstić information content (AvgIpc) is 3.20. The molecule has 4 aromatic carbocycles. The summed E-state index contributed by atoms with van der Waals surface area (Å²) < 4.78 is 60.4. The predicted molar refractivity (Wildman–Crippen MR) is 221 cm³/mol. The molecule has 4 aromatic rings. The van der Waals surface area contributed by atoms with Gasteiger partial charge in [0.25, 0.3) is 11.6 Å². The molecule has 2 aliphatic heterocycles. The van der Waals surface area contributed by atoms with E-state index in [4.69, 9.17) is 13.9 Å². The van der Waals surface area contributed by atoms with Crippen molar-refractivity contribution in [2.75, 3.05) is 66.1 Å². The normalized spacial score (nSPS) is 18.6. The van der Waals surface area contributed by atoms with Crippen molar-refractivity contribution in [1.29, 1.82) is 0 Å². The second-order valence-corrected chi connectivity index (χ2v) is 20.5. The smallest absolute Gasteiger partial charge is 0.416 e. The van der Waals surface area contributed by atoms with E-state index in [9.17, 15) is 28.1 Å². The van der Waals surface area contributed by atoms with E-state index in [0.717, 1.165) is 59.0 Å². The molecule has 0 aromatic heterocycles. The van der Waals surface area contributed by atoms with E-state index >= 15 is 0 Å². The van der Waals surface area contributed by atoms with Crippen molar-refractivity contribution in [3.05, 3.63) is 129 Å². The van der Waals surface area contributed by atoms with Gasteiger partial charge in [-0.1, -0.05) is 93.6 Å². The number of halogens is 3. The minimum Gasteiger partial charge on any atom is -0.534 e. The van der Waals surface area contributed by atoms with Gasteiger partial charge >= 0.3 is 14.5 Å². The molecule has 0 aliphatic carbocycles. The zero-order valence-corrected chi connectivity index (χ0v) is 34.8. The summed E-state index contributed by atoms with van der Waals surface area (Å²) in [6, 6.07) is 28.4. The monoisotopic (exact) mass is 818 g/mol. The highest BCUT2D eigenvalue weighted by molar-refractivity contribution is 7.00. The first kappa shape index (κ1) is 43.0. The number of hydrogen-bond acceptors (Lipinski definition) is 8. The number of amides is 1. The van der Waals surface area contributed by atoms with Gasteiger partial charge in [0.15, 0.2) is 0 Å². The number of carbonyl (C=O) groups is 1. The Bertz CT molecular complexity index is 1990. The number of aryl methyl sites for hydroxylation is 1. The molecule has 1 amide bonds. The number of nitro groups is 1. The Morgan fingerprint density at radius 2 is 1.52 bits per heavy atom. The summed E-state index contributed by atoms with van der Waals surface area (Å²) in [6.45, 7) is 14.0. The Labute approximate surface area is 339 Å². The molecular formula is C44H53F3N4O6Si. The Morgan fingerprint density at radius 1 is 0.879 bits per heavy atom. The molecule has 2 aliphatic rings. The fourth-order valence-electron chi connectivity index (χ4n) is 8.26. The lowest BCUT2D eigenvalue weighted by Gasteiger charge is -2.44. The van der Waals surface area contributed by atoms with E-state index < -0.39 is 42.6 Å². The highest BCUT2D eigenvalue weighted by Gasteiger charge is 2.52. The van der Waals surface area contributed by atoms with Crippen molar-refractivity contribution in [2.24, 2.45) is 0 Å². The largest absolute Gasteiger partial charge is 0.534 e. The maximum absolute atomic E-state index is 14.3. The highest BCUT2D eigenvalue weighted by Crippen LogP contribution is 2.39. The molecular weight excluding hydrogens is 766 g/mol. The SMILES string of the molecule is COC[C@@H]1CN(CCN2CCN(C(=O)c3cc([N+](=O)[O-])cc(C(F)(F)F)c3)[C@H](Cc3ccc(C)c(O[Si](c4ccccc4)(c4ccccc4)C(C)(C)C)c3)C2)CCO1. The number of benzene rings is 4. The number of methoxy groups -OCH3 is 1. The molecule has 10 nitrogen and oxygen atoms in total. The van der Waals surface area contributed by atoms with Crippen LogP contribution in [0, 0.1) is 17.0 Å². The number of carbonyl (C=O) groups excluding carboxylic acids is 1. The van der Waals surface area contributed by atoms with Crippen LogP contribution < -0.4 is 14.8 Å². The number of piperazine rings is 1. The molecule has 0 radical (unpaired) electrons. The van der Waals surface area contributed by atoms with Crippen LogP contribution in [-0.2, 0) is 22.1 Å². The van der Waals surface area contributed by atoms with E-state index in [-0.39, 0.29) is 23.3 Å². The standard InChI is InChI=1S/C44H53F3N4O6Si/c1-32-16-17-33(25-41(32)57-58(43(2,3)4,39-12-8-6-9-13-39)40-14-10-7-11-15-40)24-37-29-48(18-19-49-22-23-56-38(30-49)31-55-5)20-21-50(37)42(52)34-26-35(44(45,46)47)28-36(27-34)51(53)54/h6-17,25-28,37-38H,18-24,29-31H2,1-5H3/t37-,38+/m1/s1. The number of ether oxygens (including phenoxy) is 2. The molecule has 0 unspecified atom stereocenters. The lowest BCUT2D eigenvalue weighted by molar-refractivity contribution is -0.385. The number of rotatable bonds is 13. The zero-order valence-electron chi connectivity index (χ0n) is 33.8. The fourth-order valence-corrected chi connectivity index (χ4v) is 12.7. The number of nitro benzene ring substituents is 1. The van der Waals surface area contributed by atoms with E-state index in [1.807, 2.05) is 61.5 Å². The summed E-state index contributed by atoms with van der Waals surface area (Å²) in [5.74, 6) is 0.0501. The van der Waals surface area contributed by atoms with Gasteiger partial charge in [-0.25, -0.2) is 0 Å². The van der Waals surface area contributed by atoms with E-state index in [0.29, 0.717) is 45.3 Å². The molecule has 0 spiro atoms. The van der Waals surface area contributed by atoms with Crippen LogP contribution in [0.4, 0.5) is 18.9 Å². The minimum absolute atomic E-state index is 0.0145. The molecule has 0 bridgehead atoms. The zero-order chi connectivity index (χ0) is 41.7. The molecule has 0 N–H and O–H groups in total. The van der Waals surface area contributed by atoms with Crippen LogP contribution >= 0.6 is 0 Å². The maximum Gasteiger partial charge on any atom is 0.416 e. The molecule has 14 heteroatoms. The molecule has 310 valence electrons. The second kappa shape index (κ2) is 18.1. The number of alkyl halides is 3. The molecule has 6 rings (SSSR count). The van der Waals surface area contributed by atoms with Gasteiger partial charge in [-0.2, -0.15) is 13.2 Å². The number of hydrogen-bond donors (Lipinski definition) is 0. The second-order valence-electron chi connectivity index (χ2n) is 16.3. The third-order valence-electron chi connectivity index (χ3n) is 11.2. The summed E-state index contributed by atoms with van der Waals surface area (Å²) >= 11 is 0. The first-order valence-electron chi connectivity index (χ1n) is 19.7. The Kier molecular flexibility index (Phi) is 13.4. The lowest BCUT2D eigenvalue weighted by atomic mass is 9.99. The molecule has 0 saturated carbocycles. The lowest BCUT2D eigenvalue weighted by Crippen LogP contribution is -2.68. The predicted octanol–water partition coefficient (Wildman–Crippen LogP) is 6.58. The van der Waals surface area contributed by atoms with Crippen LogP contribution in [0.2, 0.25) is 5.04 Å². The molecule has 2 fully saturated rings. The van der Waals surface area contributed by atoms with Crippen molar-refractivity contribution in [1.82, 2.24) is 14.7 Å². The van der Waals surface area contributed by atoms with E-state index in [2.05, 4.69) is 54.8 Å². The average molecular weight is 819 g/mol. The van der Waals surface area contributed by atoms with Crippen molar-refractivity contribution >= 4 is 30.3 Å². The number of nitrogens with zero attached hydrogens (tertiary/aromatic N) is 4. The first-order valence-corrected chi connectivity index (χ1v) is 21.6. The Morgan fingerprint density at radius 3 is 2.10 bits per heavy atom. The van der Waals surface area contributed by atoms with Crippen molar-refractivity contribution in [3.8, 4) is 5.75 Å². The van der Waals surface area contributed by atoms with Crippen LogP contribution in [0.3, 0.4) is 0 Å². The third kappa shape index (κ3) is 9.80. The van der Waals surface area contributed by atoms with Crippen LogP contribution in [0.15, 0.2) is 97.1 Å². The van der Waals surface area contributed by atoms with Crippen molar-refractivity contribution in [2.45, 2.75) is 57.5 Å².